The number of terminal acetylenes is 1. The summed E-state index contributed by atoms with van der Waals surface area (Å²) in [4.78, 5) is 0. The summed E-state index contributed by atoms with van der Waals surface area (Å²) in [6, 6.07) is 128. The molecule has 0 atom stereocenters. The molecule has 0 unspecified atom stereocenters. The van der Waals surface area contributed by atoms with E-state index in [0.717, 1.165) is 50.7 Å². The maximum atomic E-state index is 9.05. The Morgan fingerprint density at radius 1 is 0.275 bits per heavy atom. The zero-order valence-electron chi connectivity index (χ0n) is 70.4. The highest BCUT2D eigenvalue weighted by atomic mass is 16.5. The Labute approximate surface area is 707 Å². The number of benzene rings is 16. The third kappa shape index (κ3) is 14.2. The van der Waals surface area contributed by atoms with Gasteiger partial charge in [-0.05, 0) is 234 Å². The van der Waals surface area contributed by atoms with Crippen molar-refractivity contribution in [1.29, 1.82) is 5.26 Å². The van der Waals surface area contributed by atoms with E-state index in [9.17, 15) is 0 Å². The average molecular weight is 1550 g/mol. The number of nitrogens with zero attached hydrogens (tertiary/aromatic N) is 2. The summed E-state index contributed by atoms with van der Waals surface area (Å²) in [6.45, 7) is 27.3. The summed E-state index contributed by atoms with van der Waals surface area (Å²) in [7, 11) is 0. The van der Waals surface area contributed by atoms with E-state index >= 15 is 0 Å². The molecule has 5 heteroatoms. The Hall–Kier alpha value is -14.0. The van der Waals surface area contributed by atoms with Gasteiger partial charge in [0.15, 0.2) is 0 Å². The number of hydrogen-bond donors (Lipinski definition) is 0. The molecule has 21 rings (SSSR count). The molecule has 0 spiro atoms. The average Bonchev–Trinajstić information content (AvgIpc) is 1.54. The van der Waals surface area contributed by atoms with Crippen molar-refractivity contribution in [3.63, 3.8) is 0 Å². The first-order valence-electron chi connectivity index (χ1n) is 41.8. The second kappa shape index (κ2) is 30.8. The molecule has 0 N–H and O–H groups in total. The third-order valence-corrected chi connectivity index (χ3v) is 24.1. The van der Waals surface area contributed by atoms with Crippen molar-refractivity contribution < 1.29 is 9.47 Å². The van der Waals surface area contributed by atoms with Gasteiger partial charge in [-0.1, -0.05) is 362 Å². The minimum absolute atomic E-state index is 0.0349. The predicted octanol–water partition coefficient (Wildman–Crippen LogP) is 29.0. The van der Waals surface area contributed by atoms with E-state index in [1.54, 1.807) is 0 Å². The van der Waals surface area contributed by atoms with Crippen molar-refractivity contribution in [2.24, 2.45) is 0 Å². The fourth-order valence-electron chi connectivity index (χ4n) is 18.7. The van der Waals surface area contributed by atoms with Crippen molar-refractivity contribution in [3.8, 4) is 142 Å². The van der Waals surface area contributed by atoms with Crippen LogP contribution < -0.4 is 25.9 Å². The van der Waals surface area contributed by atoms with Crippen LogP contribution in [0.1, 0.15) is 116 Å². The van der Waals surface area contributed by atoms with Crippen molar-refractivity contribution in [1.82, 2.24) is 4.40 Å². The summed E-state index contributed by atoms with van der Waals surface area (Å²) >= 11 is 0. The number of rotatable bonds is 5. The largest absolute Gasteiger partial charge is 0.458 e. The maximum absolute atomic E-state index is 9.05. The number of ether oxygens (including phenoxy) is 2. The molecule has 4 heterocycles. The standard InChI is InChI=1S/C34H28.C28H23BO2.C28H23N.C25H21N/c1-34(2,3)33-19-11-10-12-24(33)23-20-21-31-29-17-7-6-15-27(29)25-13-4-5-14-26(25)28-16-8-9-18-30(28)32(31)22-23;1-28(2,3)20-11-5-4-10-19(20)18-16-25-27-26(17-18)31-24-15-9-7-13-22(24)29(27)21-12-6-8-14-23(21)30-25;1-28(2,3)24-13-7-4-10-19(24)18-16-22-20-11-5-8-14-25(20)29-26-15-9-6-12-21(26)23(17-18)27(22)29;1-5-18-9-13-20(14-10-18)22-7-6-8-23(24(22)25(2,3)4)21-15-11-19(17-26)12-16-21/h4-22H,1-3H3;4-17H,1-3H3;4-17H,1-3H3;1,6-16H,2-4H3. The fourth-order valence-corrected chi connectivity index (χ4v) is 18.7. The van der Waals surface area contributed by atoms with Crippen molar-refractivity contribution in [3.05, 3.63) is 385 Å². The fraction of sp³-hybridized carbons (Fsp3) is 0.139. The molecule has 2 aromatic heterocycles. The van der Waals surface area contributed by atoms with Gasteiger partial charge in [-0.25, -0.2) is 0 Å². The molecule has 3 aliphatic rings. The van der Waals surface area contributed by atoms with Gasteiger partial charge in [0.25, 0.3) is 6.71 Å². The quantitative estimate of drug-likeness (QED) is 0.127. The van der Waals surface area contributed by atoms with Gasteiger partial charge in [0.1, 0.15) is 23.0 Å². The minimum atomic E-state index is -0.0371. The van der Waals surface area contributed by atoms with Crippen molar-refractivity contribution in [2.45, 2.75) is 105 Å². The van der Waals surface area contributed by atoms with E-state index in [4.69, 9.17) is 21.2 Å². The van der Waals surface area contributed by atoms with Gasteiger partial charge in [-0.2, -0.15) is 5.26 Å². The van der Waals surface area contributed by atoms with E-state index in [0.29, 0.717) is 5.56 Å². The van der Waals surface area contributed by atoms with E-state index in [-0.39, 0.29) is 28.4 Å². The lowest BCUT2D eigenvalue weighted by Gasteiger charge is -2.33. The molecule has 16 aromatic carbocycles. The molecule has 0 saturated heterocycles. The zero-order chi connectivity index (χ0) is 82.9. The molecule has 0 radical (unpaired) electrons. The lowest BCUT2D eigenvalue weighted by Crippen LogP contribution is -2.57. The predicted molar refractivity (Wildman–Crippen MR) is 508 cm³/mol. The Morgan fingerprint density at radius 3 is 1.02 bits per heavy atom. The second-order valence-electron chi connectivity index (χ2n) is 36.1. The molecule has 4 nitrogen and oxygen atoms in total. The molecule has 0 amide bonds. The van der Waals surface area contributed by atoms with Crippen molar-refractivity contribution in [2.75, 3.05) is 0 Å². The van der Waals surface area contributed by atoms with Gasteiger partial charge >= 0.3 is 0 Å². The minimum Gasteiger partial charge on any atom is -0.458 e. The molecule has 580 valence electrons. The Kier molecular flexibility index (Phi) is 19.9. The van der Waals surface area contributed by atoms with Gasteiger partial charge in [0.05, 0.1) is 28.2 Å². The molecule has 2 aliphatic heterocycles. The van der Waals surface area contributed by atoms with Crippen LogP contribution in [0.15, 0.2) is 352 Å². The highest BCUT2D eigenvalue weighted by Gasteiger charge is 2.41. The number of aromatic nitrogens is 1. The van der Waals surface area contributed by atoms with E-state index < -0.39 is 0 Å². The smallest absolute Gasteiger partial charge is 0.260 e. The number of fused-ring (bicyclic) bond motifs is 18. The Bertz CT molecular complexity index is 6860. The van der Waals surface area contributed by atoms with Gasteiger partial charge in [0, 0.05) is 32.6 Å². The first-order chi connectivity index (χ1) is 58.0. The summed E-state index contributed by atoms with van der Waals surface area (Å²) in [5.41, 5.74) is 37.0. The van der Waals surface area contributed by atoms with Gasteiger partial charge in [0.2, 0.25) is 0 Å². The SMILES string of the molecule is C#Cc1ccc(-c2cccc(-c3ccc(C#N)cc3)c2C(C)(C)C)cc1.CC(C)(C)c1ccccc1-c1cc2c3c(c1)Oc1ccccc1B3c1ccccc1O2.CC(C)(C)c1ccccc1-c1cc2c3ccccc3n3c4ccccc4c(c1)c23.CC(C)(C)c1ccccc1-c1ccc2c(c1)-c1ccccc1-c1ccccc1-c1ccccc1-2. The van der Waals surface area contributed by atoms with Crippen LogP contribution in [-0.4, -0.2) is 11.1 Å². The molecule has 1 aliphatic carbocycles. The topological polar surface area (TPSA) is 46.7 Å². The van der Waals surface area contributed by atoms with Crippen LogP contribution in [-0.2, 0) is 21.7 Å². The first-order valence-corrected chi connectivity index (χ1v) is 41.8. The molecule has 0 bridgehead atoms. The molecule has 120 heavy (non-hydrogen) atoms. The first kappa shape index (κ1) is 77.3. The Morgan fingerprint density at radius 2 is 0.608 bits per heavy atom. The Balaban J connectivity index is 0.000000110. The summed E-state index contributed by atoms with van der Waals surface area (Å²) in [6.07, 6.45) is 5.49. The lowest BCUT2D eigenvalue weighted by atomic mass is 9.35. The van der Waals surface area contributed by atoms with E-state index in [2.05, 4.69) is 403 Å². The zero-order valence-corrected chi connectivity index (χ0v) is 70.4. The van der Waals surface area contributed by atoms with Crippen LogP contribution in [0.3, 0.4) is 0 Å². The van der Waals surface area contributed by atoms with E-state index in [1.165, 1.54) is 155 Å². The summed E-state index contributed by atoms with van der Waals surface area (Å²) in [5.74, 6) is 6.28. The number of hydrogen-bond acceptors (Lipinski definition) is 3. The maximum Gasteiger partial charge on any atom is 0.260 e. The highest BCUT2D eigenvalue weighted by Crippen LogP contribution is 2.51. The van der Waals surface area contributed by atoms with Crippen LogP contribution in [0.5, 0.6) is 23.0 Å². The van der Waals surface area contributed by atoms with Crippen molar-refractivity contribution >= 4 is 61.2 Å². The molecule has 0 fully saturated rings. The molecular formula is C115H95BN2O2. The highest BCUT2D eigenvalue weighted by molar-refractivity contribution is 6.98. The molecule has 0 saturated carbocycles. The number of nitriles is 1. The van der Waals surface area contributed by atoms with Crippen LogP contribution in [0.2, 0.25) is 0 Å². The monoisotopic (exact) mass is 1550 g/mol. The molecule has 18 aromatic rings. The third-order valence-electron chi connectivity index (χ3n) is 24.1. The summed E-state index contributed by atoms with van der Waals surface area (Å²) < 4.78 is 15.3. The van der Waals surface area contributed by atoms with Gasteiger partial charge in [-0.15, -0.1) is 6.42 Å². The van der Waals surface area contributed by atoms with E-state index in [1.807, 2.05) is 48.5 Å². The van der Waals surface area contributed by atoms with Gasteiger partial charge < -0.3 is 13.9 Å². The normalized spacial score (nSPS) is 12.3. The summed E-state index contributed by atoms with van der Waals surface area (Å²) in [5, 5.41) is 14.4. The van der Waals surface area contributed by atoms with Crippen LogP contribution >= 0.6 is 0 Å². The number of para-hydroxylation sites is 4. The lowest BCUT2D eigenvalue weighted by molar-refractivity contribution is 0.465. The van der Waals surface area contributed by atoms with Crippen LogP contribution in [0.25, 0.3) is 138 Å². The van der Waals surface area contributed by atoms with Crippen LogP contribution in [0.4, 0.5) is 0 Å². The molecular weight excluding hydrogens is 1450 g/mol. The van der Waals surface area contributed by atoms with Crippen LogP contribution in [0, 0.1) is 23.7 Å². The second-order valence-corrected chi connectivity index (χ2v) is 36.1. The van der Waals surface area contributed by atoms with Gasteiger partial charge in [-0.3, -0.25) is 0 Å².